The fourth-order valence-electron chi connectivity index (χ4n) is 6.29. The number of aromatic nitrogens is 5. The van der Waals surface area contributed by atoms with Gasteiger partial charge < -0.3 is 19.4 Å². The fraction of sp³-hybridized carbons (Fsp3) is 0.333. The first-order valence-electron chi connectivity index (χ1n) is 13.8. The third kappa shape index (κ3) is 4.54. The molecule has 3 aromatic heterocycles. The van der Waals surface area contributed by atoms with Gasteiger partial charge in [0.05, 0.1) is 16.4 Å². The first-order valence-corrected chi connectivity index (χ1v) is 13.8. The highest BCUT2D eigenvalue weighted by Crippen LogP contribution is 2.36. The molecule has 2 aromatic carbocycles. The summed E-state index contributed by atoms with van der Waals surface area (Å²) >= 11 is 0. The Kier molecular flexibility index (Phi) is 7.06. The molecule has 0 unspecified atom stereocenters. The van der Waals surface area contributed by atoms with Crippen LogP contribution in [-0.2, 0) is 11.3 Å². The summed E-state index contributed by atoms with van der Waals surface area (Å²) in [5.41, 5.74) is 4.63. The second-order valence-electron chi connectivity index (χ2n) is 10.6. The Morgan fingerprint density at radius 1 is 0.925 bits per heavy atom. The van der Waals surface area contributed by atoms with Gasteiger partial charge in [-0.1, -0.05) is 42.5 Å². The third-order valence-corrected chi connectivity index (χ3v) is 8.24. The van der Waals surface area contributed by atoms with E-state index in [4.69, 9.17) is 4.98 Å². The van der Waals surface area contributed by atoms with Gasteiger partial charge in [-0.15, -0.1) is 12.4 Å². The molecule has 1 amide bonds. The summed E-state index contributed by atoms with van der Waals surface area (Å²) in [6.07, 6.45) is 7.49. The Bertz CT molecular complexity index is 1710. The van der Waals surface area contributed by atoms with E-state index >= 15 is 0 Å². The molecular weight excluding hydrogens is 526 g/mol. The second kappa shape index (κ2) is 10.8. The van der Waals surface area contributed by atoms with Crippen molar-refractivity contribution in [3.8, 4) is 11.1 Å². The number of rotatable bonds is 5. The number of nitrogens with zero attached hydrogens (tertiary/aromatic N) is 6. The van der Waals surface area contributed by atoms with Gasteiger partial charge in [0.25, 0.3) is 0 Å². The maximum atomic E-state index is 13.5. The van der Waals surface area contributed by atoms with Gasteiger partial charge in [0.15, 0.2) is 0 Å². The Balaban J connectivity index is 0.00000289. The average molecular weight is 558 g/mol. The fourth-order valence-corrected chi connectivity index (χ4v) is 6.29. The van der Waals surface area contributed by atoms with Crippen LogP contribution in [0.1, 0.15) is 31.7 Å². The van der Waals surface area contributed by atoms with Crippen molar-refractivity contribution in [1.82, 2.24) is 29.0 Å². The van der Waals surface area contributed by atoms with E-state index in [2.05, 4.69) is 33.2 Å². The average Bonchev–Trinajstić information content (AvgIpc) is 3.71. The molecule has 9 nitrogen and oxygen atoms in total. The van der Waals surface area contributed by atoms with E-state index in [1.165, 1.54) is 0 Å². The number of carbonyl (C=O) groups is 1. The molecule has 7 rings (SSSR count). The molecule has 10 heteroatoms. The van der Waals surface area contributed by atoms with Crippen LogP contribution in [0.25, 0.3) is 33.2 Å². The lowest BCUT2D eigenvalue weighted by atomic mass is 10.0. The molecule has 5 heterocycles. The van der Waals surface area contributed by atoms with E-state index in [-0.39, 0.29) is 36.6 Å². The number of piperidine rings is 1. The molecule has 0 radical (unpaired) electrons. The van der Waals surface area contributed by atoms with Crippen LogP contribution in [0.3, 0.4) is 0 Å². The molecule has 1 N–H and O–H groups in total. The van der Waals surface area contributed by atoms with E-state index in [1.807, 2.05) is 56.5 Å². The van der Waals surface area contributed by atoms with E-state index in [9.17, 15) is 9.59 Å². The lowest BCUT2D eigenvalue weighted by Gasteiger charge is -2.32. The third-order valence-electron chi connectivity index (χ3n) is 8.24. The van der Waals surface area contributed by atoms with Crippen LogP contribution in [0, 0.1) is 0 Å². The zero-order valence-corrected chi connectivity index (χ0v) is 23.0. The standard InChI is InChI=1S/C30H31N7O2.ClH/c38-26(34-16-12-22(13-17-34)37-25-11-5-4-10-24(25)33-30(37)39)19-36-18-23(21-8-2-1-3-9-21)27-28(31-20-32-29(27)36)35-14-6-7-15-35;/h1-5,8-11,18,20,22H,6-7,12-17,19H2,(H,33,39);1H. The molecule has 0 aliphatic carbocycles. The van der Waals surface area contributed by atoms with Gasteiger partial charge in [0.2, 0.25) is 5.91 Å². The van der Waals surface area contributed by atoms with Gasteiger partial charge in [-0.2, -0.15) is 0 Å². The second-order valence-corrected chi connectivity index (χ2v) is 10.6. The number of para-hydroxylation sites is 2. The molecule has 2 aliphatic heterocycles. The molecule has 2 aliphatic rings. The monoisotopic (exact) mass is 557 g/mol. The smallest absolute Gasteiger partial charge is 0.326 e. The van der Waals surface area contributed by atoms with Crippen LogP contribution < -0.4 is 10.6 Å². The zero-order valence-electron chi connectivity index (χ0n) is 22.2. The number of anilines is 1. The lowest BCUT2D eigenvalue weighted by Crippen LogP contribution is -2.41. The number of H-pyrrole nitrogens is 1. The highest BCUT2D eigenvalue weighted by molar-refractivity contribution is 6.02. The molecule has 2 saturated heterocycles. The summed E-state index contributed by atoms with van der Waals surface area (Å²) in [7, 11) is 0. The van der Waals surface area contributed by atoms with Crippen LogP contribution in [0.15, 0.2) is 71.9 Å². The quantitative estimate of drug-likeness (QED) is 0.340. The van der Waals surface area contributed by atoms with Crippen molar-refractivity contribution in [2.45, 2.75) is 38.3 Å². The summed E-state index contributed by atoms with van der Waals surface area (Å²) in [5, 5.41) is 1.01. The number of fused-ring (bicyclic) bond motifs is 2. The van der Waals surface area contributed by atoms with Crippen LogP contribution in [-0.4, -0.2) is 61.1 Å². The summed E-state index contributed by atoms with van der Waals surface area (Å²) < 4.78 is 3.84. The highest BCUT2D eigenvalue weighted by Gasteiger charge is 2.28. The number of amides is 1. The van der Waals surface area contributed by atoms with Crippen LogP contribution in [0.4, 0.5) is 5.82 Å². The SMILES string of the molecule is Cl.O=C(Cn1cc(-c2ccccc2)c2c(N3CCCC3)ncnc21)N1CCC(n2c(=O)[nH]c3ccccc32)CC1. The van der Waals surface area contributed by atoms with Gasteiger partial charge in [-0.3, -0.25) is 9.36 Å². The number of aromatic amines is 1. The van der Waals surface area contributed by atoms with E-state index in [0.717, 1.165) is 77.8 Å². The minimum absolute atomic E-state index is 0. The van der Waals surface area contributed by atoms with Crippen molar-refractivity contribution in [1.29, 1.82) is 0 Å². The topological polar surface area (TPSA) is 92.1 Å². The number of benzene rings is 2. The summed E-state index contributed by atoms with van der Waals surface area (Å²) in [6, 6.07) is 18.1. The van der Waals surface area contributed by atoms with E-state index in [1.54, 1.807) is 6.33 Å². The maximum Gasteiger partial charge on any atom is 0.326 e. The lowest BCUT2D eigenvalue weighted by molar-refractivity contribution is -0.133. The van der Waals surface area contributed by atoms with Crippen molar-refractivity contribution in [2.75, 3.05) is 31.1 Å². The van der Waals surface area contributed by atoms with Gasteiger partial charge >= 0.3 is 5.69 Å². The molecule has 40 heavy (non-hydrogen) atoms. The minimum Gasteiger partial charge on any atom is -0.356 e. The van der Waals surface area contributed by atoms with Crippen LogP contribution in [0.2, 0.25) is 0 Å². The first-order chi connectivity index (χ1) is 19.2. The van der Waals surface area contributed by atoms with Gasteiger partial charge in [-0.05, 0) is 43.4 Å². The number of hydrogen-bond donors (Lipinski definition) is 1. The van der Waals surface area contributed by atoms with Crippen LogP contribution in [0.5, 0.6) is 0 Å². The molecule has 0 spiro atoms. The first kappa shape index (κ1) is 26.1. The van der Waals surface area contributed by atoms with Gasteiger partial charge in [0.1, 0.15) is 24.3 Å². The molecule has 2 fully saturated rings. The molecule has 206 valence electrons. The van der Waals surface area contributed by atoms with E-state index < -0.39 is 0 Å². The number of imidazole rings is 1. The van der Waals surface area contributed by atoms with E-state index in [0.29, 0.717) is 13.1 Å². The predicted octanol–water partition coefficient (Wildman–Crippen LogP) is 4.63. The highest BCUT2D eigenvalue weighted by atomic mass is 35.5. The Hall–Kier alpha value is -4.11. The number of halogens is 1. The van der Waals surface area contributed by atoms with Crippen molar-refractivity contribution >= 4 is 46.2 Å². The van der Waals surface area contributed by atoms with Gasteiger partial charge in [-0.25, -0.2) is 14.8 Å². The maximum absolute atomic E-state index is 13.5. The Morgan fingerprint density at radius 2 is 1.65 bits per heavy atom. The van der Waals surface area contributed by atoms with Crippen molar-refractivity contribution in [3.63, 3.8) is 0 Å². The molecular formula is C30H32ClN7O2. The van der Waals surface area contributed by atoms with Crippen LogP contribution >= 0.6 is 12.4 Å². The Morgan fingerprint density at radius 3 is 2.42 bits per heavy atom. The van der Waals surface area contributed by atoms with Crippen molar-refractivity contribution < 1.29 is 4.79 Å². The summed E-state index contributed by atoms with van der Waals surface area (Å²) in [4.78, 5) is 42.8. The minimum atomic E-state index is -0.0817. The summed E-state index contributed by atoms with van der Waals surface area (Å²) in [5.74, 6) is 1.02. The number of hydrogen-bond acceptors (Lipinski definition) is 5. The van der Waals surface area contributed by atoms with Crippen molar-refractivity contribution in [2.24, 2.45) is 0 Å². The summed E-state index contributed by atoms with van der Waals surface area (Å²) in [6.45, 7) is 3.43. The number of likely N-dealkylation sites (tertiary alicyclic amines) is 1. The number of carbonyl (C=O) groups excluding carboxylic acids is 1. The predicted molar refractivity (Wildman–Crippen MR) is 159 cm³/mol. The molecule has 0 saturated carbocycles. The molecule has 0 atom stereocenters. The zero-order chi connectivity index (χ0) is 26.3. The molecule has 5 aromatic rings. The molecule has 0 bridgehead atoms. The van der Waals surface area contributed by atoms with Crippen molar-refractivity contribution in [3.05, 3.63) is 77.6 Å². The number of nitrogens with one attached hydrogen (secondary N) is 1. The largest absolute Gasteiger partial charge is 0.356 e. The van der Waals surface area contributed by atoms with Gasteiger partial charge in [0, 0.05) is 44.0 Å². The normalized spacial score (nSPS) is 16.1. The Labute approximate surface area is 237 Å².